The van der Waals surface area contributed by atoms with Crippen molar-refractivity contribution in [3.63, 3.8) is 0 Å². The molecule has 0 saturated carbocycles. The van der Waals surface area contributed by atoms with Gasteiger partial charge in [0.2, 0.25) is 0 Å². The predicted molar refractivity (Wildman–Crippen MR) is 50.0 cm³/mol. The van der Waals surface area contributed by atoms with E-state index in [1.807, 2.05) is 0 Å². The van der Waals surface area contributed by atoms with Crippen LogP contribution in [0.1, 0.15) is 0 Å². The normalized spacial score (nSPS) is 10.3. The molecular weight excluding hydrogens is 239 g/mol. The van der Waals surface area contributed by atoms with Crippen molar-refractivity contribution in [1.29, 1.82) is 0 Å². The zero-order valence-electron chi connectivity index (χ0n) is 6.54. The fourth-order valence-electron chi connectivity index (χ4n) is 0.721. The van der Waals surface area contributed by atoms with E-state index in [0.29, 0.717) is 16.3 Å². The van der Waals surface area contributed by atoms with E-state index in [1.54, 1.807) is 24.3 Å². The number of hydrogen-bond donors (Lipinski definition) is 0. The Bertz CT molecular complexity index is 336. The van der Waals surface area contributed by atoms with Crippen molar-refractivity contribution in [1.82, 2.24) is 0 Å². The molecule has 0 aliphatic rings. The van der Waals surface area contributed by atoms with E-state index >= 15 is 0 Å². The molecule has 0 unspecified atom stereocenters. The molecule has 0 aliphatic carbocycles. The molecule has 0 saturated heterocycles. The molecule has 0 amide bonds. The molecule has 68 valence electrons. The van der Waals surface area contributed by atoms with Gasteiger partial charge < -0.3 is 4.74 Å². The minimum atomic E-state index is -0.741. The van der Waals surface area contributed by atoms with Gasteiger partial charge >= 0.3 is 5.97 Å². The maximum absolute atomic E-state index is 11.6. The number of ether oxygens (including phenoxy) is 1. The fraction of sp³-hybridized carbons (Fsp3) is 0. The summed E-state index contributed by atoms with van der Waals surface area (Å²) in [6, 6.07) is 6.83. The van der Waals surface area contributed by atoms with Gasteiger partial charge in [-0.25, -0.2) is 9.18 Å². The van der Waals surface area contributed by atoms with Crippen LogP contribution in [0.15, 0.2) is 41.1 Å². The molecule has 0 radical (unpaired) electrons. The lowest BCUT2D eigenvalue weighted by Crippen LogP contribution is -2.03. The van der Waals surface area contributed by atoms with Crippen LogP contribution in [0.5, 0.6) is 5.75 Å². The molecule has 0 aliphatic heterocycles. The third-order valence-corrected chi connectivity index (χ3v) is 1.90. The Balaban J connectivity index is 2.74. The smallest absolute Gasteiger partial charge is 0.338 e. The number of halogens is 2. The molecule has 0 N–H and O–H groups in total. The summed E-state index contributed by atoms with van der Waals surface area (Å²) in [5.74, 6) is -0.375. The third-order valence-electron chi connectivity index (χ3n) is 1.25. The van der Waals surface area contributed by atoms with Crippen molar-refractivity contribution < 1.29 is 13.9 Å². The van der Waals surface area contributed by atoms with Gasteiger partial charge in [0.25, 0.3) is 0 Å². The Hall–Kier alpha value is -1.16. The molecule has 1 rings (SSSR count). The standard InChI is InChI=1S/C9H6BrFO2/c10-7-3-1-2-4-8(7)13-9(12)5-6-11/h1-6H. The second-order valence-electron chi connectivity index (χ2n) is 2.14. The van der Waals surface area contributed by atoms with Gasteiger partial charge in [-0.1, -0.05) is 12.1 Å². The molecule has 0 fully saturated rings. The van der Waals surface area contributed by atoms with Gasteiger partial charge in [0.05, 0.1) is 16.9 Å². The zero-order valence-corrected chi connectivity index (χ0v) is 8.12. The van der Waals surface area contributed by atoms with Crippen molar-refractivity contribution in [2.75, 3.05) is 0 Å². The van der Waals surface area contributed by atoms with Crippen molar-refractivity contribution in [2.24, 2.45) is 0 Å². The summed E-state index contributed by atoms with van der Waals surface area (Å²) < 4.78 is 17.0. The van der Waals surface area contributed by atoms with Gasteiger partial charge in [-0.3, -0.25) is 0 Å². The van der Waals surface area contributed by atoms with Crippen LogP contribution in [0.2, 0.25) is 0 Å². The Morgan fingerprint density at radius 2 is 2.15 bits per heavy atom. The maximum Gasteiger partial charge on any atom is 0.338 e. The average molecular weight is 245 g/mol. The van der Waals surface area contributed by atoms with Gasteiger partial charge in [0.15, 0.2) is 0 Å². The van der Waals surface area contributed by atoms with Crippen LogP contribution in [-0.4, -0.2) is 5.97 Å². The first kappa shape index (κ1) is 9.92. The number of rotatable bonds is 2. The Kier molecular flexibility index (Phi) is 3.64. The Labute approximate surface area is 83.1 Å². The average Bonchev–Trinajstić information content (AvgIpc) is 2.09. The first-order valence-corrected chi connectivity index (χ1v) is 4.26. The van der Waals surface area contributed by atoms with Crippen molar-refractivity contribution >= 4 is 21.9 Å². The van der Waals surface area contributed by atoms with Crippen molar-refractivity contribution in [2.45, 2.75) is 0 Å². The fourth-order valence-corrected chi connectivity index (χ4v) is 1.09. The molecule has 0 spiro atoms. The van der Waals surface area contributed by atoms with Crippen LogP contribution in [0.4, 0.5) is 4.39 Å². The van der Waals surface area contributed by atoms with Crippen molar-refractivity contribution in [3.05, 3.63) is 41.1 Å². The Morgan fingerprint density at radius 1 is 1.46 bits per heavy atom. The molecule has 0 heterocycles. The predicted octanol–water partition coefficient (Wildman–Crippen LogP) is 2.84. The summed E-state index contributed by atoms with van der Waals surface area (Å²) >= 11 is 3.18. The van der Waals surface area contributed by atoms with Gasteiger partial charge in [0.1, 0.15) is 5.75 Å². The van der Waals surface area contributed by atoms with Gasteiger partial charge in [-0.05, 0) is 28.1 Å². The number of esters is 1. The van der Waals surface area contributed by atoms with E-state index in [4.69, 9.17) is 4.74 Å². The zero-order chi connectivity index (χ0) is 9.68. The maximum atomic E-state index is 11.6. The second kappa shape index (κ2) is 4.77. The highest BCUT2D eigenvalue weighted by Crippen LogP contribution is 2.23. The van der Waals surface area contributed by atoms with E-state index in [1.165, 1.54) is 0 Å². The highest BCUT2D eigenvalue weighted by Gasteiger charge is 2.03. The number of carbonyl (C=O) groups is 1. The van der Waals surface area contributed by atoms with Gasteiger partial charge in [0, 0.05) is 0 Å². The minimum absolute atomic E-state index is 0.138. The molecule has 0 atom stereocenters. The summed E-state index contributed by atoms with van der Waals surface area (Å²) in [5, 5.41) is 0. The highest BCUT2D eigenvalue weighted by molar-refractivity contribution is 9.10. The molecule has 2 nitrogen and oxygen atoms in total. The Morgan fingerprint density at radius 3 is 2.77 bits per heavy atom. The molecule has 4 heteroatoms. The van der Waals surface area contributed by atoms with E-state index in [-0.39, 0.29) is 6.33 Å². The molecule has 0 aromatic heterocycles. The van der Waals surface area contributed by atoms with Gasteiger partial charge in [-0.15, -0.1) is 0 Å². The van der Waals surface area contributed by atoms with Crippen LogP contribution in [0.3, 0.4) is 0 Å². The van der Waals surface area contributed by atoms with E-state index < -0.39 is 5.97 Å². The number of carbonyl (C=O) groups excluding carboxylic acids is 1. The summed E-state index contributed by atoms with van der Waals surface area (Å²) in [7, 11) is 0. The lowest BCUT2D eigenvalue weighted by Gasteiger charge is -2.01. The van der Waals surface area contributed by atoms with Crippen LogP contribution < -0.4 is 4.74 Å². The lowest BCUT2D eigenvalue weighted by atomic mass is 10.3. The van der Waals surface area contributed by atoms with E-state index in [0.717, 1.165) is 0 Å². The molecule has 0 bridgehead atoms. The van der Waals surface area contributed by atoms with E-state index in [2.05, 4.69) is 15.9 Å². The number of para-hydroxylation sites is 1. The van der Waals surface area contributed by atoms with Crippen LogP contribution >= 0.6 is 15.9 Å². The summed E-state index contributed by atoms with van der Waals surface area (Å²) in [4.78, 5) is 10.8. The molecular formula is C9H6BrFO2. The molecule has 1 aromatic carbocycles. The van der Waals surface area contributed by atoms with E-state index in [9.17, 15) is 9.18 Å². The van der Waals surface area contributed by atoms with Crippen LogP contribution in [0.25, 0.3) is 0 Å². The minimum Gasteiger partial charge on any atom is -0.422 e. The highest BCUT2D eigenvalue weighted by atomic mass is 79.9. The SMILES string of the molecule is O=C(C=CF)Oc1ccccc1Br. The lowest BCUT2D eigenvalue weighted by molar-refractivity contribution is -0.129. The first-order chi connectivity index (χ1) is 6.24. The first-order valence-electron chi connectivity index (χ1n) is 3.47. The van der Waals surface area contributed by atoms with Crippen molar-refractivity contribution in [3.8, 4) is 5.75 Å². The summed E-state index contributed by atoms with van der Waals surface area (Å²) in [6.07, 6.45) is 0.846. The number of benzene rings is 1. The summed E-state index contributed by atoms with van der Waals surface area (Å²) in [5.41, 5.74) is 0. The number of hydrogen-bond acceptors (Lipinski definition) is 2. The van der Waals surface area contributed by atoms with Crippen LogP contribution in [0, 0.1) is 0 Å². The quantitative estimate of drug-likeness (QED) is 0.455. The topological polar surface area (TPSA) is 26.3 Å². The van der Waals surface area contributed by atoms with Gasteiger partial charge in [-0.2, -0.15) is 0 Å². The third kappa shape index (κ3) is 2.99. The molecule has 1 aromatic rings. The monoisotopic (exact) mass is 244 g/mol. The molecule has 13 heavy (non-hydrogen) atoms. The summed E-state index contributed by atoms with van der Waals surface area (Å²) in [6.45, 7) is 0. The van der Waals surface area contributed by atoms with Crippen LogP contribution in [-0.2, 0) is 4.79 Å². The second-order valence-corrected chi connectivity index (χ2v) is 3.00. The largest absolute Gasteiger partial charge is 0.422 e.